The van der Waals surface area contributed by atoms with Crippen molar-refractivity contribution in [2.45, 2.75) is 6.92 Å². The Morgan fingerprint density at radius 2 is 2.10 bits per heavy atom. The van der Waals surface area contributed by atoms with E-state index < -0.39 is 10.8 Å². The van der Waals surface area contributed by atoms with Gasteiger partial charge < -0.3 is 10.7 Å². The lowest BCUT2D eigenvalue weighted by atomic mass is 10.1. The number of nitrogens with one attached hydrogen (secondary N) is 2. The molecule has 21 heavy (non-hydrogen) atoms. The van der Waals surface area contributed by atoms with Gasteiger partial charge in [-0.05, 0) is 24.6 Å². The summed E-state index contributed by atoms with van der Waals surface area (Å²) in [4.78, 5) is 26.4. The Bertz CT molecular complexity index is 685. The topological polar surface area (TPSA) is 123 Å². The molecule has 0 aliphatic rings. The van der Waals surface area contributed by atoms with E-state index in [9.17, 15) is 14.9 Å². The number of carbonyl (C=O) groups is 1. The predicted octanol–water partition coefficient (Wildman–Crippen LogP) is 1.84. The number of anilines is 2. The SMILES string of the molecule is Cc1ccc(NC(=O)c2cc([N+](=O)[O-])ccc2NN)nc1. The second-order valence-electron chi connectivity index (χ2n) is 4.31. The molecule has 0 saturated carbocycles. The van der Waals surface area contributed by atoms with E-state index in [1.54, 1.807) is 18.3 Å². The molecule has 1 heterocycles. The first-order chi connectivity index (χ1) is 10.0. The number of nitrogens with two attached hydrogens (primary N) is 1. The van der Waals surface area contributed by atoms with E-state index in [4.69, 9.17) is 5.84 Å². The Kier molecular flexibility index (Phi) is 4.10. The third kappa shape index (κ3) is 3.31. The summed E-state index contributed by atoms with van der Waals surface area (Å²) in [6.07, 6.45) is 1.60. The number of hydrogen-bond donors (Lipinski definition) is 3. The number of aryl methyl sites for hydroxylation is 1. The van der Waals surface area contributed by atoms with Gasteiger partial charge in [0.25, 0.3) is 11.6 Å². The van der Waals surface area contributed by atoms with Gasteiger partial charge in [0.05, 0.1) is 16.2 Å². The highest BCUT2D eigenvalue weighted by molar-refractivity contribution is 6.08. The smallest absolute Gasteiger partial charge is 0.270 e. The highest BCUT2D eigenvalue weighted by Crippen LogP contribution is 2.22. The summed E-state index contributed by atoms with van der Waals surface area (Å²) in [6, 6.07) is 7.21. The first-order valence-electron chi connectivity index (χ1n) is 6.00. The van der Waals surface area contributed by atoms with Crippen LogP contribution in [0, 0.1) is 17.0 Å². The number of nitro benzene ring substituents is 1. The standard InChI is InChI=1S/C13H13N5O3/c1-8-2-5-12(15-7-8)16-13(19)10-6-9(18(20)21)3-4-11(10)17-14/h2-7,17H,14H2,1H3,(H,15,16,19). The van der Waals surface area contributed by atoms with Crippen LogP contribution in [0.2, 0.25) is 0 Å². The molecule has 2 rings (SSSR count). The van der Waals surface area contributed by atoms with E-state index in [-0.39, 0.29) is 16.9 Å². The van der Waals surface area contributed by atoms with Gasteiger partial charge in [0.1, 0.15) is 5.82 Å². The van der Waals surface area contributed by atoms with Gasteiger partial charge in [-0.1, -0.05) is 6.07 Å². The van der Waals surface area contributed by atoms with Gasteiger partial charge in [0.15, 0.2) is 0 Å². The first kappa shape index (κ1) is 14.4. The van der Waals surface area contributed by atoms with E-state index in [0.717, 1.165) is 11.6 Å². The average molecular weight is 287 g/mol. The van der Waals surface area contributed by atoms with E-state index in [1.165, 1.54) is 12.1 Å². The van der Waals surface area contributed by atoms with Crippen LogP contribution in [0.4, 0.5) is 17.2 Å². The highest BCUT2D eigenvalue weighted by Gasteiger charge is 2.16. The monoisotopic (exact) mass is 287 g/mol. The number of nitro groups is 1. The molecule has 8 nitrogen and oxygen atoms in total. The number of aromatic nitrogens is 1. The molecule has 8 heteroatoms. The minimum Gasteiger partial charge on any atom is -0.323 e. The zero-order valence-corrected chi connectivity index (χ0v) is 11.2. The number of rotatable bonds is 4. The van der Waals surface area contributed by atoms with Crippen LogP contribution in [-0.4, -0.2) is 15.8 Å². The summed E-state index contributed by atoms with van der Waals surface area (Å²) in [5, 5.41) is 13.3. The lowest BCUT2D eigenvalue weighted by Gasteiger charge is -2.09. The molecule has 0 aliphatic heterocycles. The second-order valence-corrected chi connectivity index (χ2v) is 4.31. The molecular formula is C13H13N5O3. The zero-order chi connectivity index (χ0) is 15.4. The Labute approximate surface area is 120 Å². The average Bonchev–Trinajstić information content (AvgIpc) is 2.48. The van der Waals surface area contributed by atoms with Crippen LogP contribution in [-0.2, 0) is 0 Å². The first-order valence-corrected chi connectivity index (χ1v) is 6.00. The van der Waals surface area contributed by atoms with Crippen LogP contribution < -0.4 is 16.6 Å². The molecule has 1 amide bonds. The molecule has 1 aromatic heterocycles. The van der Waals surface area contributed by atoms with Gasteiger partial charge in [0.2, 0.25) is 0 Å². The second kappa shape index (κ2) is 5.97. The largest absolute Gasteiger partial charge is 0.323 e. The van der Waals surface area contributed by atoms with Crippen molar-refractivity contribution in [1.82, 2.24) is 4.98 Å². The van der Waals surface area contributed by atoms with E-state index in [1.807, 2.05) is 6.92 Å². The molecule has 4 N–H and O–H groups in total. The minimum absolute atomic E-state index is 0.0640. The van der Waals surface area contributed by atoms with Crippen LogP contribution in [0.1, 0.15) is 15.9 Å². The van der Waals surface area contributed by atoms with Gasteiger partial charge in [-0.3, -0.25) is 20.8 Å². The molecule has 0 fully saturated rings. The maximum absolute atomic E-state index is 12.2. The number of amides is 1. The maximum Gasteiger partial charge on any atom is 0.270 e. The normalized spacial score (nSPS) is 10.0. The van der Waals surface area contributed by atoms with Gasteiger partial charge in [-0.2, -0.15) is 0 Å². The lowest BCUT2D eigenvalue weighted by Crippen LogP contribution is -2.18. The number of nitrogens with zero attached hydrogens (tertiary/aromatic N) is 2. The Balaban J connectivity index is 2.30. The fourth-order valence-corrected chi connectivity index (χ4v) is 1.68. The Morgan fingerprint density at radius 3 is 2.67 bits per heavy atom. The number of hydrogen-bond acceptors (Lipinski definition) is 6. The van der Waals surface area contributed by atoms with Gasteiger partial charge in [-0.25, -0.2) is 4.98 Å². The van der Waals surface area contributed by atoms with Crippen LogP contribution >= 0.6 is 0 Å². The van der Waals surface area contributed by atoms with E-state index in [0.29, 0.717) is 5.82 Å². The van der Waals surface area contributed by atoms with Crippen molar-refractivity contribution in [3.05, 3.63) is 57.8 Å². The van der Waals surface area contributed by atoms with Crippen LogP contribution in [0.25, 0.3) is 0 Å². The molecule has 0 bridgehead atoms. The summed E-state index contributed by atoms with van der Waals surface area (Å²) in [6.45, 7) is 1.87. The Morgan fingerprint density at radius 1 is 1.33 bits per heavy atom. The Hall–Kier alpha value is -3.00. The summed E-state index contributed by atoms with van der Waals surface area (Å²) >= 11 is 0. The molecule has 0 saturated heterocycles. The number of hydrazine groups is 1. The molecule has 108 valence electrons. The van der Waals surface area contributed by atoms with E-state index >= 15 is 0 Å². The van der Waals surface area contributed by atoms with Gasteiger partial charge in [-0.15, -0.1) is 0 Å². The molecule has 0 spiro atoms. The number of non-ortho nitro benzene ring substituents is 1. The molecule has 0 unspecified atom stereocenters. The predicted molar refractivity (Wildman–Crippen MR) is 77.8 cm³/mol. The third-order valence-electron chi connectivity index (χ3n) is 2.77. The van der Waals surface area contributed by atoms with Crippen molar-refractivity contribution in [1.29, 1.82) is 0 Å². The summed E-state index contributed by atoms with van der Waals surface area (Å²) in [5.74, 6) is 5.12. The van der Waals surface area contributed by atoms with Gasteiger partial charge in [0, 0.05) is 18.3 Å². The molecular weight excluding hydrogens is 274 g/mol. The summed E-state index contributed by atoms with van der Waals surface area (Å²) in [5.41, 5.74) is 3.43. The maximum atomic E-state index is 12.2. The fraction of sp³-hybridized carbons (Fsp3) is 0.0769. The van der Waals surface area contributed by atoms with Crippen molar-refractivity contribution in [2.75, 3.05) is 10.7 Å². The van der Waals surface area contributed by atoms with Crippen LogP contribution in [0.15, 0.2) is 36.5 Å². The highest BCUT2D eigenvalue weighted by atomic mass is 16.6. The van der Waals surface area contributed by atoms with Crippen molar-refractivity contribution in [2.24, 2.45) is 5.84 Å². The van der Waals surface area contributed by atoms with Crippen LogP contribution in [0.5, 0.6) is 0 Å². The fourth-order valence-electron chi connectivity index (χ4n) is 1.68. The van der Waals surface area contributed by atoms with Crippen molar-refractivity contribution < 1.29 is 9.72 Å². The number of nitrogen functional groups attached to an aromatic ring is 1. The van der Waals surface area contributed by atoms with Gasteiger partial charge >= 0.3 is 0 Å². The van der Waals surface area contributed by atoms with Crippen molar-refractivity contribution in [3.63, 3.8) is 0 Å². The molecule has 1 aromatic carbocycles. The molecule has 0 atom stereocenters. The molecule has 2 aromatic rings. The zero-order valence-electron chi connectivity index (χ0n) is 11.2. The van der Waals surface area contributed by atoms with E-state index in [2.05, 4.69) is 15.7 Å². The quantitative estimate of drug-likeness (QED) is 0.448. The molecule has 0 aliphatic carbocycles. The van der Waals surface area contributed by atoms with Crippen molar-refractivity contribution in [3.8, 4) is 0 Å². The number of carbonyl (C=O) groups excluding carboxylic acids is 1. The summed E-state index contributed by atoms with van der Waals surface area (Å²) < 4.78 is 0. The summed E-state index contributed by atoms with van der Waals surface area (Å²) in [7, 11) is 0. The number of pyridine rings is 1. The molecule has 0 radical (unpaired) electrons. The number of benzene rings is 1. The lowest BCUT2D eigenvalue weighted by molar-refractivity contribution is -0.384. The third-order valence-corrected chi connectivity index (χ3v) is 2.77. The minimum atomic E-state index is -0.582. The van der Waals surface area contributed by atoms with Crippen LogP contribution in [0.3, 0.4) is 0 Å². The van der Waals surface area contributed by atoms with Crippen molar-refractivity contribution >= 4 is 23.1 Å².